The zero-order valence-electron chi connectivity index (χ0n) is 9.36. The van der Waals surface area contributed by atoms with E-state index in [0.717, 1.165) is 5.39 Å². The maximum atomic E-state index is 12.7. The summed E-state index contributed by atoms with van der Waals surface area (Å²) >= 11 is 0. The first kappa shape index (κ1) is 11.8. The van der Waals surface area contributed by atoms with Crippen molar-refractivity contribution in [1.29, 1.82) is 0 Å². The number of benzene rings is 2. The molecule has 2 nitrogen and oxygen atoms in total. The summed E-state index contributed by atoms with van der Waals surface area (Å²) < 4.78 is 30.5. The third kappa shape index (κ3) is 2.08. The fraction of sp³-hybridized carbons (Fsp3) is 0.231. The van der Waals surface area contributed by atoms with Crippen molar-refractivity contribution in [3.05, 3.63) is 42.0 Å². The van der Waals surface area contributed by atoms with Gasteiger partial charge in [-0.3, -0.25) is 0 Å². The van der Waals surface area contributed by atoms with Crippen LogP contribution in [0.4, 0.5) is 8.78 Å². The van der Waals surface area contributed by atoms with Crippen LogP contribution in [-0.2, 0) is 0 Å². The fourth-order valence-electron chi connectivity index (χ4n) is 1.90. The molecule has 0 saturated heterocycles. The quantitative estimate of drug-likeness (QED) is 0.890. The van der Waals surface area contributed by atoms with Crippen molar-refractivity contribution in [1.82, 2.24) is 0 Å². The summed E-state index contributed by atoms with van der Waals surface area (Å²) in [5.41, 5.74) is 5.95. The number of fused-ring (bicyclic) bond motifs is 1. The molecule has 2 aromatic rings. The smallest absolute Gasteiger partial charge is 0.257 e. The number of alkyl halides is 2. The molecule has 0 aliphatic rings. The Labute approximate surface area is 98.0 Å². The summed E-state index contributed by atoms with van der Waals surface area (Å²) in [6.45, 7) is 0. The summed E-state index contributed by atoms with van der Waals surface area (Å²) in [4.78, 5) is 0. The summed E-state index contributed by atoms with van der Waals surface area (Å²) in [5, 5.41) is 1.50. The fourth-order valence-corrected chi connectivity index (χ4v) is 1.90. The van der Waals surface area contributed by atoms with Crippen molar-refractivity contribution >= 4 is 10.8 Å². The molecule has 90 valence electrons. The molecule has 0 aliphatic carbocycles. The lowest BCUT2D eigenvalue weighted by atomic mass is 9.99. The Hall–Kier alpha value is -1.68. The molecule has 0 radical (unpaired) electrons. The van der Waals surface area contributed by atoms with Crippen LogP contribution in [0, 0.1) is 0 Å². The van der Waals surface area contributed by atoms with Crippen LogP contribution in [0.1, 0.15) is 11.6 Å². The average molecular weight is 237 g/mol. The molecule has 0 spiro atoms. The van der Waals surface area contributed by atoms with Crippen LogP contribution in [0.3, 0.4) is 0 Å². The van der Waals surface area contributed by atoms with Gasteiger partial charge in [-0.25, -0.2) is 8.78 Å². The minimum atomic E-state index is -2.58. The Balaban J connectivity index is 2.66. The molecule has 0 aromatic heterocycles. The van der Waals surface area contributed by atoms with Crippen LogP contribution in [0.25, 0.3) is 10.8 Å². The van der Waals surface area contributed by atoms with Crippen molar-refractivity contribution in [3.8, 4) is 5.75 Å². The van der Waals surface area contributed by atoms with E-state index in [4.69, 9.17) is 10.5 Å². The molecule has 0 saturated carbocycles. The third-order valence-corrected chi connectivity index (χ3v) is 2.77. The lowest BCUT2D eigenvalue weighted by molar-refractivity contribution is 0.117. The lowest BCUT2D eigenvalue weighted by Crippen LogP contribution is -2.19. The van der Waals surface area contributed by atoms with E-state index in [1.807, 2.05) is 12.1 Å². The first-order valence-corrected chi connectivity index (χ1v) is 5.24. The minimum absolute atomic E-state index is 0.441. The molecule has 2 aromatic carbocycles. The molecular weight excluding hydrogens is 224 g/mol. The highest BCUT2D eigenvalue weighted by molar-refractivity contribution is 5.91. The Morgan fingerprint density at radius 1 is 1.06 bits per heavy atom. The minimum Gasteiger partial charge on any atom is -0.496 e. The van der Waals surface area contributed by atoms with E-state index in [1.54, 1.807) is 31.4 Å². The van der Waals surface area contributed by atoms with E-state index < -0.39 is 12.5 Å². The molecule has 0 amide bonds. The van der Waals surface area contributed by atoms with Crippen LogP contribution in [0.15, 0.2) is 36.4 Å². The first-order chi connectivity index (χ1) is 8.15. The summed E-state index contributed by atoms with van der Waals surface area (Å²) in [5.74, 6) is 0.658. The average Bonchev–Trinajstić information content (AvgIpc) is 2.36. The van der Waals surface area contributed by atoms with Crippen molar-refractivity contribution in [3.63, 3.8) is 0 Å². The van der Waals surface area contributed by atoms with Gasteiger partial charge in [0.15, 0.2) is 0 Å². The molecule has 17 heavy (non-hydrogen) atoms. The van der Waals surface area contributed by atoms with Gasteiger partial charge < -0.3 is 10.5 Å². The van der Waals surface area contributed by atoms with Gasteiger partial charge in [0, 0.05) is 5.39 Å². The SMILES string of the molecule is COc1ccc([C@H](N)C(F)F)c2ccccc12. The van der Waals surface area contributed by atoms with E-state index in [-0.39, 0.29) is 0 Å². The molecule has 0 fully saturated rings. The topological polar surface area (TPSA) is 35.2 Å². The van der Waals surface area contributed by atoms with Crippen molar-refractivity contribution in [2.75, 3.05) is 7.11 Å². The number of halogens is 2. The Kier molecular flexibility index (Phi) is 3.24. The number of hydrogen-bond acceptors (Lipinski definition) is 2. The maximum Gasteiger partial charge on any atom is 0.257 e. The van der Waals surface area contributed by atoms with Gasteiger partial charge in [-0.15, -0.1) is 0 Å². The van der Waals surface area contributed by atoms with Crippen molar-refractivity contribution in [2.45, 2.75) is 12.5 Å². The molecular formula is C13H13F2NO. The van der Waals surface area contributed by atoms with Crippen LogP contribution in [0.2, 0.25) is 0 Å². The van der Waals surface area contributed by atoms with Gasteiger partial charge in [0.1, 0.15) is 5.75 Å². The van der Waals surface area contributed by atoms with E-state index in [0.29, 0.717) is 16.7 Å². The molecule has 2 N–H and O–H groups in total. The molecule has 0 unspecified atom stereocenters. The van der Waals surface area contributed by atoms with Crippen LogP contribution >= 0.6 is 0 Å². The van der Waals surface area contributed by atoms with Gasteiger partial charge >= 0.3 is 0 Å². The number of hydrogen-bond donors (Lipinski definition) is 1. The standard InChI is InChI=1S/C13H13F2NO/c1-17-11-7-6-10(12(16)13(14)15)8-4-2-3-5-9(8)11/h2-7,12-13H,16H2,1H3/t12-/m0/s1. The highest BCUT2D eigenvalue weighted by atomic mass is 19.3. The van der Waals surface area contributed by atoms with E-state index in [2.05, 4.69) is 0 Å². The van der Waals surface area contributed by atoms with Crippen LogP contribution in [0.5, 0.6) is 5.75 Å². The van der Waals surface area contributed by atoms with Crippen molar-refractivity contribution in [2.24, 2.45) is 5.73 Å². The molecule has 1 atom stereocenters. The highest BCUT2D eigenvalue weighted by Crippen LogP contribution is 2.32. The predicted molar refractivity (Wildman–Crippen MR) is 63.4 cm³/mol. The van der Waals surface area contributed by atoms with Gasteiger partial charge in [0.25, 0.3) is 6.43 Å². The van der Waals surface area contributed by atoms with E-state index >= 15 is 0 Å². The monoisotopic (exact) mass is 237 g/mol. The second-order valence-electron chi connectivity index (χ2n) is 3.76. The second-order valence-corrected chi connectivity index (χ2v) is 3.76. The van der Waals surface area contributed by atoms with E-state index in [1.165, 1.54) is 0 Å². The molecule has 2 rings (SSSR count). The number of nitrogens with two attached hydrogens (primary N) is 1. The lowest BCUT2D eigenvalue weighted by Gasteiger charge is -2.15. The maximum absolute atomic E-state index is 12.7. The predicted octanol–water partition coefficient (Wildman–Crippen LogP) is 3.11. The van der Waals surface area contributed by atoms with Gasteiger partial charge in [0.05, 0.1) is 13.2 Å². The number of methoxy groups -OCH3 is 1. The zero-order chi connectivity index (χ0) is 12.4. The highest BCUT2D eigenvalue weighted by Gasteiger charge is 2.20. The summed E-state index contributed by atoms with van der Waals surface area (Å²) in [7, 11) is 1.55. The molecule has 4 heteroatoms. The molecule has 0 aliphatic heterocycles. The Morgan fingerprint density at radius 3 is 2.29 bits per heavy atom. The third-order valence-electron chi connectivity index (χ3n) is 2.77. The molecule has 0 heterocycles. The largest absolute Gasteiger partial charge is 0.496 e. The van der Waals surface area contributed by atoms with Gasteiger partial charge in [-0.05, 0) is 17.0 Å². The number of ether oxygens (including phenoxy) is 1. The Bertz CT molecular complexity index is 528. The normalized spacial score (nSPS) is 13.0. The summed E-state index contributed by atoms with van der Waals surface area (Å²) in [6.07, 6.45) is -2.58. The first-order valence-electron chi connectivity index (χ1n) is 5.24. The van der Waals surface area contributed by atoms with Gasteiger partial charge in [0.2, 0.25) is 0 Å². The number of rotatable bonds is 3. The van der Waals surface area contributed by atoms with Gasteiger partial charge in [-0.2, -0.15) is 0 Å². The van der Waals surface area contributed by atoms with E-state index in [9.17, 15) is 8.78 Å². The Morgan fingerprint density at radius 2 is 1.71 bits per heavy atom. The molecule has 0 bridgehead atoms. The van der Waals surface area contributed by atoms with Crippen LogP contribution in [-0.4, -0.2) is 13.5 Å². The summed E-state index contributed by atoms with van der Waals surface area (Å²) in [6, 6.07) is 9.22. The van der Waals surface area contributed by atoms with Crippen LogP contribution < -0.4 is 10.5 Å². The second kappa shape index (κ2) is 4.67. The zero-order valence-corrected chi connectivity index (χ0v) is 9.36. The van der Waals surface area contributed by atoms with Crippen molar-refractivity contribution < 1.29 is 13.5 Å². The van der Waals surface area contributed by atoms with Gasteiger partial charge in [-0.1, -0.05) is 30.3 Å².